The van der Waals surface area contributed by atoms with Crippen molar-refractivity contribution < 1.29 is 9.53 Å². The van der Waals surface area contributed by atoms with Crippen LogP contribution in [-0.4, -0.2) is 19.3 Å². The van der Waals surface area contributed by atoms with Crippen molar-refractivity contribution in [2.24, 2.45) is 0 Å². The lowest BCUT2D eigenvalue weighted by molar-refractivity contribution is 0.0601. The molecule has 0 unspecified atom stereocenters. The van der Waals surface area contributed by atoms with E-state index >= 15 is 0 Å². The fraction of sp³-hybridized carbons (Fsp3) is 0.133. The first-order valence-electron chi connectivity index (χ1n) is 5.57. The van der Waals surface area contributed by atoms with E-state index in [-0.39, 0.29) is 5.97 Å². The second-order valence-corrected chi connectivity index (χ2v) is 4.68. The highest BCUT2D eigenvalue weighted by atomic mass is 32.2. The molecule has 0 amide bonds. The fourth-order valence-electron chi connectivity index (χ4n) is 1.73. The standard InChI is InChI=1S/C15H14O2S/c1-17-15(16)13-5-3-4-12(10-13)11-6-8-14(18-2)9-7-11/h3-10H,1-2H3. The highest BCUT2D eigenvalue weighted by Crippen LogP contribution is 2.23. The third kappa shape index (κ3) is 2.74. The Bertz CT molecular complexity index is 547. The maximum absolute atomic E-state index is 11.5. The Morgan fingerprint density at radius 3 is 2.39 bits per heavy atom. The molecule has 18 heavy (non-hydrogen) atoms. The van der Waals surface area contributed by atoms with Crippen molar-refractivity contribution in [3.05, 3.63) is 54.1 Å². The van der Waals surface area contributed by atoms with Gasteiger partial charge in [0.1, 0.15) is 0 Å². The summed E-state index contributed by atoms with van der Waals surface area (Å²) in [6, 6.07) is 15.7. The zero-order valence-corrected chi connectivity index (χ0v) is 11.2. The summed E-state index contributed by atoms with van der Waals surface area (Å²) >= 11 is 1.71. The van der Waals surface area contributed by atoms with Crippen molar-refractivity contribution in [3.8, 4) is 11.1 Å². The first kappa shape index (κ1) is 12.7. The summed E-state index contributed by atoms with van der Waals surface area (Å²) in [4.78, 5) is 12.7. The molecule has 0 aliphatic heterocycles. The molecule has 3 heteroatoms. The van der Waals surface area contributed by atoms with Gasteiger partial charge in [-0.05, 0) is 41.6 Å². The van der Waals surface area contributed by atoms with E-state index < -0.39 is 0 Å². The number of hydrogen-bond acceptors (Lipinski definition) is 3. The Morgan fingerprint density at radius 1 is 1.06 bits per heavy atom. The van der Waals surface area contributed by atoms with E-state index in [2.05, 4.69) is 24.3 Å². The van der Waals surface area contributed by atoms with E-state index in [1.807, 2.05) is 24.5 Å². The SMILES string of the molecule is COC(=O)c1cccc(-c2ccc(SC)cc2)c1. The first-order chi connectivity index (χ1) is 8.74. The molecular weight excluding hydrogens is 244 g/mol. The lowest BCUT2D eigenvalue weighted by Crippen LogP contribution is -2.00. The number of ether oxygens (including phenoxy) is 1. The van der Waals surface area contributed by atoms with Crippen molar-refractivity contribution in [2.45, 2.75) is 4.90 Å². The Morgan fingerprint density at radius 2 is 1.78 bits per heavy atom. The molecule has 0 N–H and O–H groups in total. The van der Waals surface area contributed by atoms with Gasteiger partial charge in [-0.15, -0.1) is 11.8 Å². The number of hydrogen-bond donors (Lipinski definition) is 0. The van der Waals surface area contributed by atoms with Crippen molar-refractivity contribution in [1.29, 1.82) is 0 Å². The lowest BCUT2D eigenvalue weighted by atomic mass is 10.0. The minimum atomic E-state index is -0.308. The van der Waals surface area contributed by atoms with Crippen LogP contribution in [-0.2, 0) is 4.74 Å². The van der Waals surface area contributed by atoms with Crippen molar-refractivity contribution >= 4 is 17.7 Å². The maximum Gasteiger partial charge on any atom is 0.337 e. The second-order valence-electron chi connectivity index (χ2n) is 3.80. The largest absolute Gasteiger partial charge is 0.465 e. The summed E-state index contributed by atoms with van der Waals surface area (Å²) in [6.07, 6.45) is 2.05. The van der Waals surface area contributed by atoms with E-state index in [1.165, 1.54) is 12.0 Å². The third-order valence-corrected chi connectivity index (χ3v) is 3.45. The van der Waals surface area contributed by atoms with Crippen molar-refractivity contribution in [1.82, 2.24) is 0 Å². The average Bonchev–Trinajstić information content (AvgIpc) is 2.46. The number of benzene rings is 2. The van der Waals surface area contributed by atoms with E-state index in [1.54, 1.807) is 17.8 Å². The Balaban J connectivity index is 2.35. The van der Waals surface area contributed by atoms with Crippen molar-refractivity contribution in [3.63, 3.8) is 0 Å². The van der Waals surface area contributed by atoms with Gasteiger partial charge in [0.05, 0.1) is 12.7 Å². The number of carbonyl (C=O) groups excluding carboxylic acids is 1. The van der Waals surface area contributed by atoms with Crippen LogP contribution in [0.25, 0.3) is 11.1 Å². The van der Waals surface area contributed by atoms with Crippen LogP contribution in [0.2, 0.25) is 0 Å². The van der Waals surface area contributed by atoms with Gasteiger partial charge in [-0.1, -0.05) is 24.3 Å². The predicted octanol–water partition coefficient (Wildman–Crippen LogP) is 3.86. The highest BCUT2D eigenvalue weighted by Gasteiger charge is 2.06. The van der Waals surface area contributed by atoms with Crippen LogP contribution in [0, 0.1) is 0 Å². The van der Waals surface area contributed by atoms with Crippen LogP contribution in [0.4, 0.5) is 0 Å². The smallest absolute Gasteiger partial charge is 0.337 e. The minimum absolute atomic E-state index is 0.308. The zero-order chi connectivity index (χ0) is 13.0. The summed E-state index contributed by atoms with van der Waals surface area (Å²) in [5.74, 6) is -0.308. The molecule has 2 nitrogen and oxygen atoms in total. The maximum atomic E-state index is 11.5. The fourth-order valence-corrected chi connectivity index (χ4v) is 2.14. The molecule has 0 saturated heterocycles. The van der Waals surface area contributed by atoms with Crippen LogP contribution in [0.1, 0.15) is 10.4 Å². The molecule has 0 aromatic heterocycles. The van der Waals surface area contributed by atoms with Gasteiger partial charge in [0, 0.05) is 4.90 Å². The molecular formula is C15H14O2S. The van der Waals surface area contributed by atoms with Crippen LogP contribution < -0.4 is 0 Å². The Kier molecular flexibility index (Phi) is 4.05. The molecule has 0 fully saturated rings. The molecule has 0 aliphatic carbocycles. The van der Waals surface area contributed by atoms with E-state index in [9.17, 15) is 4.79 Å². The van der Waals surface area contributed by atoms with Gasteiger partial charge in [-0.25, -0.2) is 4.79 Å². The first-order valence-corrected chi connectivity index (χ1v) is 6.80. The Labute approximate surface area is 111 Å². The molecule has 92 valence electrons. The molecule has 0 spiro atoms. The average molecular weight is 258 g/mol. The minimum Gasteiger partial charge on any atom is -0.465 e. The molecule has 2 aromatic rings. The van der Waals surface area contributed by atoms with E-state index in [0.29, 0.717) is 5.56 Å². The number of carbonyl (C=O) groups is 1. The van der Waals surface area contributed by atoms with Gasteiger partial charge in [0.15, 0.2) is 0 Å². The molecule has 0 bridgehead atoms. The molecule has 0 aliphatic rings. The molecule has 0 radical (unpaired) electrons. The summed E-state index contributed by atoms with van der Waals surface area (Å²) in [5.41, 5.74) is 2.69. The van der Waals surface area contributed by atoms with Crippen LogP contribution in [0.5, 0.6) is 0 Å². The van der Waals surface area contributed by atoms with E-state index in [0.717, 1.165) is 11.1 Å². The normalized spacial score (nSPS) is 10.1. The molecule has 0 atom stereocenters. The van der Waals surface area contributed by atoms with Gasteiger partial charge in [-0.3, -0.25) is 0 Å². The summed E-state index contributed by atoms with van der Waals surface area (Å²) in [5, 5.41) is 0. The highest BCUT2D eigenvalue weighted by molar-refractivity contribution is 7.98. The predicted molar refractivity (Wildman–Crippen MR) is 75.0 cm³/mol. The summed E-state index contributed by atoms with van der Waals surface area (Å²) in [7, 11) is 1.39. The van der Waals surface area contributed by atoms with Gasteiger partial charge >= 0.3 is 5.97 Å². The molecule has 2 rings (SSSR count). The lowest BCUT2D eigenvalue weighted by Gasteiger charge is -2.05. The third-order valence-electron chi connectivity index (χ3n) is 2.71. The monoisotopic (exact) mass is 258 g/mol. The summed E-state index contributed by atoms with van der Waals surface area (Å²) < 4.78 is 4.72. The zero-order valence-electron chi connectivity index (χ0n) is 10.3. The number of esters is 1. The number of thioether (sulfide) groups is 1. The second kappa shape index (κ2) is 5.74. The van der Waals surface area contributed by atoms with Gasteiger partial charge in [0.25, 0.3) is 0 Å². The van der Waals surface area contributed by atoms with Crippen LogP contribution >= 0.6 is 11.8 Å². The Hall–Kier alpha value is -1.74. The number of methoxy groups -OCH3 is 1. The van der Waals surface area contributed by atoms with Gasteiger partial charge in [-0.2, -0.15) is 0 Å². The molecule has 0 heterocycles. The van der Waals surface area contributed by atoms with Gasteiger partial charge in [0.2, 0.25) is 0 Å². The topological polar surface area (TPSA) is 26.3 Å². The molecule has 2 aromatic carbocycles. The summed E-state index contributed by atoms with van der Waals surface area (Å²) in [6.45, 7) is 0. The van der Waals surface area contributed by atoms with Crippen LogP contribution in [0.3, 0.4) is 0 Å². The number of rotatable bonds is 3. The van der Waals surface area contributed by atoms with Crippen LogP contribution in [0.15, 0.2) is 53.4 Å². The van der Waals surface area contributed by atoms with Gasteiger partial charge < -0.3 is 4.74 Å². The quantitative estimate of drug-likeness (QED) is 0.617. The molecule has 0 saturated carbocycles. The van der Waals surface area contributed by atoms with Crippen molar-refractivity contribution in [2.75, 3.05) is 13.4 Å². The van der Waals surface area contributed by atoms with E-state index in [4.69, 9.17) is 4.74 Å².